The molecule has 0 heterocycles. The van der Waals surface area contributed by atoms with Gasteiger partial charge in [-0.3, -0.25) is 0 Å². The Morgan fingerprint density at radius 1 is 0.806 bits per heavy atom. The molecule has 0 fully saturated rings. The zero-order valence-corrected chi connectivity index (χ0v) is 22.2. The van der Waals surface area contributed by atoms with Gasteiger partial charge in [-0.25, -0.2) is 10.0 Å². The summed E-state index contributed by atoms with van der Waals surface area (Å²) >= 11 is 0. The third-order valence-corrected chi connectivity index (χ3v) is 8.32. The van der Waals surface area contributed by atoms with E-state index in [-0.39, 0.29) is 10.6 Å². The first kappa shape index (κ1) is 25.4. The molecule has 0 bridgehead atoms. The van der Waals surface area contributed by atoms with Gasteiger partial charge in [-0.2, -0.15) is 0 Å². The van der Waals surface area contributed by atoms with Crippen molar-refractivity contribution in [1.82, 2.24) is 0 Å². The van der Waals surface area contributed by atoms with Crippen molar-refractivity contribution in [3.63, 3.8) is 0 Å². The van der Waals surface area contributed by atoms with E-state index in [2.05, 4.69) is 142 Å². The van der Waals surface area contributed by atoms with Crippen LogP contribution in [0.5, 0.6) is 0 Å². The minimum absolute atomic E-state index is 0.0681. The van der Waals surface area contributed by atoms with E-state index in [4.69, 9.17) is 0 Å². The van der Waals surface area contributed by atoms with Crippen molar-refractivity contribution in [3.05, 3.63) is 88.9 Å². The van der Waals surface area contributed by atoms with Gasteiger partial charge in [0.2, 0.25) is 0 Å². The van der Waals surface area contributed by atoms with Crippen LogP contribution in [0.2, 0.25) is 5.21 Å². The van der Waals surface area contributed by atoms with E-state index < -0.39 is 10.0 Å². The summed E-state index contributed by atoms with van der Waals surface area (Å²) in [5.41, 5.74) is 6.72. The van der Waals surface area contributed by atoms with Crippen LogP contribution < -0.4 is 0 Å². The smallest absolute Gasteiger partial charge is 0.105 e. The topological polar surface area (TPSA) is 0 Å². The van der Waals surface area contributed by atoms with Crippen LogP contribution in [0.1, 0.15) is 40.2 Å². The number of hydrogen-bond donors (Lipinski definition) is 0. The molecule has 31 heavy (non-hydrogen) atoms. The second-order valence-electron chi connectivity index (χ2n) is 10.6. The highest BCUT2D eigenvalue weighted by molar-refractivity contribution is 8.35. The summed E-state index contributed by atoms with van der Waals surface area (Å²) in [5, 5.41) is 0.0681. The maximum absolute atomic E-state index is 2.46. The summed E-state index contributed by atoms with van der Waals surface area (Å²) in [5.74, 6) is 0. The van der Waals surface area contributed by atoms with Crippen LogP contribution in [0.3, 0.4) is 0 Å². The highest BCUT2D eigenvalue weighted by atomic mass is 32.3. The summed E-state index contributed by atoms with van der Waals surface area (Å²) in [6.07, 6.45) is 14.3. The van der Waals surface area contributed by atoms with Gasteiger partial charge in [-0.05, 0) is 82.9 Å². The van der Waals surface area contributed by atoms with Crippen LogP contribution in [0.4, 0.5) is 0 Å². The Bertz CT molecular complexity index is 982. The van der Waals surface area contributed by atoms with Gasteiger partial charge < -0.3 is 0 Å². The lowest BCUT2D eigenvalue weighted by Gasteiger charge is -2.46. The average molecular weight is 430 g/mol. The summed E-state index contributed by atoms with van der Waals surface area (Å²) < 4.78 is 0. The Balaban J connectivity index is 2.63. The van der Waals surface area contributed by atoms with E-state index in [1.54, 1.807) is 0 Å². The monoisotopic (exact) mass is 430 g/mol. The van der Waals surface area contributed by atoms with Gasteiger partial charge in [-0.1, -0.05) is 86.7 Å². The molecular formula is C28H40B2S. The van der Waals surface area contributed by atoms with Gasteiger partial charge in [0.05, 0.1) is 0 Å². The van der Waals surface area contributed by atoms with Crippen molar-refractivity contribution in [2.45, 2.75) is 39.8 Å². The second kappa shape index (κ2) is 9.74. The maximum atomic E-state index is 2.46. The molecule has 0 aliphatic heterocycles. The van der Waals surface area contributed by atoms with Crippen LogP contribution in [0, 0.1) is 5.41 Å². The Morgan fingerprint density at radius 2 is 1.39 bits per heavy atom. The molecule has 0 aromatic heterocycles. The maximum Gasteiger partial charge on any atom is 0.105 e. The fourth-order valence-corrected chi connectivity index (χ4v) is 5.30. The molecule has 0 amide bonds. The number of benzene rings is 2. The molecular weight excluding hydrogens is 390 g/mol. The van der Waals surface area contributed by atoms with E-state index in [9.17, 15) is 0 Å². The second-order valence-corrected chi connectivity index (χ2v) is 14.7. The zero-order chi connectivity index (χ0) is 23.4. The van der Waals surface area contributed by atoms with Gasteiger partial charge in [0, 0.05) is 0 Å². The van der Waals surface area contributed by atoms with E-state index in [1.165, 1.54) is 32.7 Å². The summed E-state index contributed by atoms with van der Waals surface area (Å²) in [6.45, 7) is 11.4. The number of hydrogen-bond acceptors (Lipinski definition) is 0. The summed E-state index contributed by atoms with van der Waals surface area (Å²) in [6, 6.07) is 19.6. The van der Waals surface area contributed by atoms with E-state index in [1.807, 2.05) is 0 Å². The minimum Gasteiger partial charge on any atom is -0.223 e. The molecule has 2 aromatic rings. The number of allylic oxidation sites excluding steroid dienone is 5. The first-order valence-corrected chi connectivity index (χ1v) is 14.1. The molecule has 0 atom stereocenters. The van der Waals surface area contributed by atoms with Crippen LogP contribution in [0.25, 0.3) is 16.7 Å². The third kappa shape index (κ3) is 5.89. The third-order valence-electron chi connectivity index (χ3n) is 6.66. The van der Waals surface area contributed by atoms with Crippen molar-refractivity contribution in [1.29, 1.82) is 0 Å². The molecule has 0 saturated carbocycles. The molecule has 0 radical (unpaired) electrons. The molecule has 2 rings (SSSR count). The molecule has 0 spiro atoms. The first-order valence-electron chi connectivity index (χ1n) is 11.2. The van der Waals surface area contributed by atoms with Crippen LogP contribution in [-0.2, 0) is 0 Å². The molecule has 3 heteroatoms. The fraction of sp³-hybridized carbons (Fsp3) is 0.357. The summed E-state index contributed by atoms with van der Waals surface area (Å²) in [7, 11) is 3.85. The lowest BCUT2D eigenvalue weighted by atomic mass is 9.40. The SMILES string of the molecule is BC(B)(C(=C/C)/C(=C\C(=C\C)c1cccc(-c2ccccc2)c1)S(C)(C)C)C(C)(C)C. The largest absolute Gasteiger partial charge is 0.223 e. The average Bonchev–Trinajstić information content (AvgIpc) is 2.70. The predicted octanol–water partition coefficient (Wildman–Crippen LogP) is 6.71. The molecule has 164 valence electrons. The lowest BCUT2D eigenvalue weighted by Crippen LogP contribution is -2.33. The van der Waals surface area contributed by atoms with Crippen LogP contribution in [-0.4, -0.2) is 34.5 Å². The minimum atomic E-state index is -0.943. The molecule has 0 aliphatic carbocycles. The van der Waals surface area contributed by atoms with Crippen molar-refractivity contribution >= 4 is 31.3 Å². The van der Waals surface area contributed by atoms with Gasteiger partial charge in [0.25, 0.3) is 0 Å². The van der Waals surface area contributed by atoms with Gasteiger partial charge in [-0.15, -0.1) is 0 Å². The highest BCUT2D eigenvalue weighted by Gasteiger charge is 2.38. The number of rotatable bonds is 6. The van der Waals surface area contributed by atoms with E-state index in [0.717, 1.165) is 0 Å². The Hall–Kier alpha value is -1.86. The Morgan fingerprint density at radius 3 is 1.87 bits per heavy atom. The van der Waals surface area contributed by atoms with Crippen molar-refractivity contribution in [3.8, 4) is 11.1 Å². The van der Waals surface area contributed by atoms with E-state index >= 15 is 0 Å². The van der Waals surface area contributed by atoms with Gasteiger partial charge in [0.15, 0.2) is 0 Å². The molecule has 0 nitrogen and oxygen atoms in total. The van der Waals surface area contributed by atoms with Crippen molar-refractivity contribution in [2.75, 3.05) is 18.8 Å². The zero-order valence-electron chi connectivity index (χ0n) is 21.3. The molecule has 0 aliphatic rings. The Labute approximate surface area is 195 Å². The quantitative estimate of drug-likeness (QED) is 0.353. The van der Waals surface area contributed by atoms with Gasteiger partial charge >= 0.3 is 0 Å². The van der Waals surface area contributed by atoms with Crippen molar-refractivity contribution in [2.24, 2.45) is 5.41 Å². The molecule has 2 aromatic carbocycles. The molecule has 0 unspecified atom stereocenters. The lowest BCUT2D eigenvalue weighted by molar-refractivity contribution is 0.380. The van der Waals surface area contributed by atoms with Gasteiger partial charge in [0.1, 0.15) is 15.7 Å². The van der Waals surface area contributed by atoms with Crippen LogP contribution in [0.15, 0.2) is 83.3 Å². The molecule has 0 saturated heterocycles. The standard InChI is InChI=1S/C28H40B2S/c1-9-21(23-17-14-18-24(19-23)22-15-12-11-13-16-22)20-26(31(6,7)8)25(10-2)28(29,30)27(3,4)5/h9-20H,29-30H2,1-8H3/b21-9-,25-10+,26-20+. The first-order chi connectivity index (χ1) is 14.3. The normalized spacial score (nSPS) is 15.2. The fourth-order valence-electron chi connectivity index (χ4n) is 3.78. The summed E-state index contributed by atoms with van der Waals surface area (Å²) in [4.78, 5) is 1.49. The van der Waals surface area contributed by atoms with E-state index in [0.29, 0.717) is 0 Å². The predicted molar refractivity (Wildman–Crippen MR) is 152 cm³/mol. The molecule has 0 N–H and O–H groups in total. The Kier molecular flexibility index (Phi) is 7.98. The van der Waals surface area contributed by atoms with Crippen molar-refractivity contribution < 1.29 is 0 Å². The van der Waals surface area contributed by atoms with Crippen LogP contribution >= 0.6 is 10.0 Å². The highest BCUT2D eigenvalue weighted by Crippen LogP contribution is 2.58.